The van der Waals surface area contributed by atoms with Gasteiger partial charge < -0.3 is 14.2 Å². The standard InChI is InChI=1S/C20H18N2O4S/c1-24-13-7-8-17(25-2)14(10-13)15-11-27-20(21-15)22-19(23)18-9-12-5-3-4-6-16(12)26-18/h3-8,10-11,18H,9H2,1-2H3,(H,21,22,23). The molecule has 1 atom stereocenters. The number of benzene rings is 2. The van der Waals surface area contributed by atoms with Gasteiger partial charge in [0.2, 0.25) is 0 Å². The molecule has 1 unspecified atom stereocenters. The number of ether oxygens (including phenoxy) is 3. The van der Waals surface area contributed by atoms with Crippen LogP contribution in [0.1, 0.15) is 5.56 Å². The molecule has 0 aliphatic carbocycles. The topological polar surface area (TPSA) is 69.7 Å². The lowest BCUT2D eigenvalue weighted by atomic mass is 10.1. The molecule has 0 saturated carbocycles. The summed E-state index contributed by atoms with van der Waals surface area (Å²) in [6, 6.07) is 13.2. The number of methoxy groups -OCH3 is 2. The molecule has 27 heavy (non-hydrogen) atoms. The van der Waals surface area contributed by atoms with Crippen molar-refractivity contribution in [1.29, 1.82) is 0 Å². The van der Waals surface area contributed by atoms with Gasteiger partial charge in [0.1, 0.15) is 17.2 Å². The van der Waals surface area contributed by atoms with Crippen LogP contribution < -0.4 is 19.5 Å². The fraction of sp³-hybridized carbons (Fsp3) is 0.200. The molecular formula is C20H18N2O4S. The van der Waals surface area contributed by atoms with Gasteiger partial charge in [0.25, 0.3) is 5.91 Å². The third kappa shape index (κ3) is 3.46. The van der Waals surface area contributed by atoms with E-state index in [2.05, 4.69) is 10.3 Å². The van der Waals surface area contributed by atoms with Crippen molar-refractivity contribution >= 4 is 22.4 Å². The molecule has 7 heteroatoms. The minimum Gasteiger partial charge on any atom is -0.497 e. The lowest BCUT2D eigenvalue weighted by Gasteiger charge is -2.10. The number of para-hydroxylation sites is 1. The van der Waals surface area contributed by atoms with E-state index in [-0.39, 0.29) is 5.91 Å². The number of amides is 1. The van der Waals surface area contributed by atoms with Crippen LogP contribution in [-0.4, -0.2) is 31.2 Å². The Kier molecular flexibility index (Phi) is 4.68. The minimum atomic E-state index is -0.541. The fourth-order valence-electron chi connectivity index (χ4n) is 2.98. The SMILES string of the molecule is COc1ccc(OC)c(-c2csc(NC(=O)C3Cc4ccccc4O3)n2)c1. The van der Waals surface area contributed by atoms with Gasteiger partial charge in [-0.3, -0.25) is 10.1 Å². The molecule has 1 aromatic heterocycles. The van der Waals surface area contributed by atoms with Gasteiger partial charge in [-0.2, -0.15) is 0 Å². The van der Waals surface area contributed by atoms with Crippen LogP contribution in [0.5, 0.6) is 17.2 Å². The highest BCUT2D eigenvalue weighted by molar-refractivity contribution is 7.14. The first kappa shape index (κ1) is 17.4. The number of anilines is 1. The van der Waals surface area contributed by atoms with Crippen LogP contribution >= 0.6 is 11.3 Å². The highest BCUT2D eigenvalue weighted by atomic mass is 32.1. The molecule has 1 amide bonds. The summed E-state index contributed by atoms with van der Waals surface area (Å²) < 4.78 is 16.4. The van der Waals surface area contributed by atoms with Gasteiger partial charge in [-0.1, -0.05) is 18.2 Å². The quantitative estimate of drug-likeness (QED) is 0.727. The van der Waals surface area contributed by atoms with Crippen molar-refractivity contribution in [3.63, 3.8) is 0 Å². The zero-order chi connectivity index (χ0) is 18.8. The van der Waals surface area contributed by atoms with Gasteiger partial charge in [0.05, 0.1) is 19.9 Å². The molecule has 1 N–H and O–H groups in total. The number of nitrogens with zero attached hydrogens (tertiary/aromatic N) is 1. The van der Waals surface area contributed by atoms with Crippen molar-refractivity contribution in [2.24, 2.45) is 0 Å². The molecule has 1 aliphatic heterocycles. The Bertz CT molecular complexity index is 961. The van der Waals surface area contributed by atoms with Crippen molar-refractivity contribution in [3.8, 4) is 28.5 Å². The Labute approximate surface area is 160 Å². The number of hydrogen-bond donors (Lipinski definition) is 1. The van der Waals surface area contributed by atoms with Crippen molar-refractivity contribution in [2.75, 3.05) is 19.5 Å². The summed E-state index contributed by atoms with van der Waals surface area (Å²) >= 11 is 1.35. The van der Waals surface area contributed by atoms with Crippen molar-refractivity contribution in [3.05, 3.63) is 53.4 Å². The zero-order valence-corrected chi connectivity index (χ0v) is 15.7. The molecule has 0 radical (unpaired) electrons. The Balaban J connectivity index is 1.50. The van der Waals surface area contributed by atoms with E-state index in [1.54, 1.807) is 14.2 Å². The van der Waals surface area contributed by atoms with Crippen LogP contribution in [0.2, 0.25) is 0 Å². The number of aromatic nitrogens is 1. The summed E-state index contributed by atoms with van der Waals surface area (Å²) in [5.41, 5.74) is 2.55. The normalized spacial score (nSPS) is 15.0. The number of thiazole rings is 1. The van der Waals surface area contributed by atoms with Crippen LogP contribution in [0.25, 0.3) is 11.3 Å². The Hall–Kier alpha value is -3.06. The molecular weight excluding hydrogens is 364 g/mol. The summed E-state index contributed by atoms with van der Waals surface area (Å²) in [5.74, 6) is 1.96. The first-order valence-electron chi connectivity index (χ1n) is 8.41. The van der Waals surface area contributed by atoms with Gasteiger partial charge in [-0.05, 0) is 29.8 Å². The fourth-order valence-corrected chi connectivity index (χ4v) is 3.70. The van der Waals surface area contributed by atoms with E-state index in [0.29, 0.717) is 28.7 Å². The maximum atomic E-state index is 12.5. The molecule has 2 heterocycles. The van der Waals surface area contributed by atoms with Gasteiger partial charge >= 0.3 is 0 Å². The molecule has 3 aromatic rings. The van der Waals surface area contributed by atoms with Crippen LogP contribution in [0, 0.1) is 0 Å². The number of hydrogen-bond acceptors (Lipinski definition) is 6. The van der Waals surface area contributed by atoms with Crippen LogP contribution in [0.15, 0.2) is 47.8 Å². The molecule has 138 valence electrons. The predicted octanol–water partition coefficient (Wildman–Crippen LogP) is 3.77. The number of fused-ring (bicyclic) bond motifs is 1. The molecule has 0 bridgehead atoms. The van der Waals surface area contributed by atoms with Crippen LogP contribution in [0.3, 0.4) is 0 Å². The Morgan fingerprint density at radius 1 is 1.22 bits per heavy atom. The molecule has 0 fully saturated rings. The smallest absolute Gasteiger partial charge is 0.267 e. The Morgan fingerprint density at radius 3 is 2.85 bits per heavy atom. The van der Waals surface area contributed by atoms with Gasteiger partial charge in [-0.15, -0.1) is 11.3 Å². The summed E-state index contributed by atoms with van der Waals surface area (Å²) in [4.78, 5) is 17.1. The zero-order valence-electron chi connectivity index (χ0n) is 14.9. The second-order valence-corrected chi connectivity index (χ2v) is 6.87. The molecule has 0 saturated heterocycles. The van der Waals surface area contributed by atoms with E-state index in [1.165, 1.54) is 11.3 Å². The van der Waals surface area contributed by atoms with E-state index in [4.69, 9.17) is 14.2 Å². The maximum Gasteiger partial charge on any atom is 0.267 e. The third-order valence-corrected chi connectivity index (χ3v) is 5.11. The first-order chi connectivity index (χ1) is 13.2. The molecule has 1 aliphatic rings. The van der Waals surface area contributed by atoms with Crippen molar-refractivity contribution in [2.45, 2.75) is 12.5 Å². The highest BCUT2D eigenvalue weighted by Crippen LogP contribution is 2.35. The van der Waals surface area contributed by atoms with E-state index in [1.807, 2.05) is 47.8 Å². The molecule has 2 aromatic carbocycles. The monoisotopic (exact) mass is 382 g/mol. The number of nitrogens with one attached hydrogen (secondary N) is 1. The molecule has 0 spiro atoms. The molecule has 4 rings (SSSR count). The lowest BCUT2D eigenvalue weighted by molar-refractivity contribution is -0.122. The molecule has 6 nitrogen and oxygen atoms in total. The second-order valence-electron chi connectivity index (χ2n) is 6.01. The minimum absolute atomic E-state index is 0.204. The average Bonchev–Trinajstić information content (AvgIpc) is 3.34. The lowest BCUT2D eigenvalue weighted by Crippen LogP contribution is -2.31. The van der Waals surface area contributed by atoms with Crippen molar-refractivity contribution in [1.82, 2.24) is 4.98 Å². The summed E-state index contributed by atoms with van der Waals surface area (Å²) in [6.07, 6.45) is 0.0188. The summed E-state index contributed by atoms with van der Waals surface area (Å²) in [5, 5.41) is 5.23. The van der Waals surface area contributed by atoms with E-state index >= 15 is 0 Å². The van der Waals surface area contributed by atoms with E-state index < -0.39 is 6.10 Å². The Morgan fingerprint density at radius 2 is 2.07 bits per heavy atom. The first-order valence-corrected chi connectivity index (χ1v) is 9.29. The van der Waals surface area contributed by atoms with E-state index in [0.717, 1.165) is 16.9 Å². The maximum absolute atomic E-state index is 12.5. The summed E-state index contributed by atoms with van der Waals surface area (Å²) in [7, 11) is 3.22. The number of rotatable bonds is 5. The van der Waals surface area contributed by atoms with E-state index in [9.17, 15) is 4.79 Å². The largest absolute Gasteiger partial charge is 0.497 e. The van der Waals surface area contributed by atoms with Crippen LogP contribution in [0.4, 0.5) is 5.13 Å². The number of carbonyl (C=O) groups excluding carboxylic acids is 1. The number of carbonyl (C=O) groups is 1. The van der Waals surface area contributed by atoms with Gasteiger partial charge in [0, 0.05) is 17.4 Å². The van der Waals surface area contributed by atoms with Gasteiger partial charge in [0.15, 0.2) is 11.2 Å². The van der Waals surface area contributed by atoms with Crippen molar-refractivity contribution < 1.29 is 19.0 Å². The second kappa shape index (κ2) is 7.28. The predicted molar refractivity (Wildman–Crippen MR) is 104 cm³/mol. The third-order valence-electron chi connectivity index (χ3n) is 4.36. The average molecular weight is 382 g/mol. The van der Waals surface area contributed by atoms with Gasteiger partial charge in [-0.25, -0.2) is 4.98 Å². The highest BCUT2D eigenvalue weighted by Gasteiger charge is 2.29. The summed E-state index contributed by atoms with van der Waals surface area (Å²) in [6.45, 7) is 0. The van der Waals surface area contributed by atoms with Crippen LogP contribution in [-0.2, 0) is 11.2 Å².